The van der Waals surface area contributed by atoms with Crippen LogP contribution in [0, 0.1) is 0 Å². The van der Waals surface area contributed by atoms with Crippen molar-refractivity contribution in [2.24, 2.45) is 0 Å². The summed E-state index contributed by atoms with van der Waals surface area (Å²) < 4.78 is 0. The Morgan fingerprint density at radius 3 is 2.36 bits per heavy atom. The molecule has 0 radical (unpaired) electrons. The molecule has 0 N–H and O–H groups in total. The van der Waals surface area contributed by atoms with E-state index in [2.05, 4.69) is 12.8 Å². The minimum Gasteiger partial charge on any atom is -0.165 e. The average Bonchev–Trinajstić information content (AvgIpc) is 2.03. The van der Waals surface area contributed by atoms with Crippen molar-refractivity contribution in [3.63, 3.8) is 0 Å². The van der Waals surface area contributed by atoms with E-state index in [1.54, 1.807) is 0 Å². The number of allylic oxidation sites excluding steroid dienone is 1. The molecule has 0 bridgehead atoms. The van der Waals surface area contributed by atoms with Crippen molar-refractivity contribution in [2.45, 2.75) is 38.5 Å². The Bertz CT molecular complexity index is 78.9. The van der Waals surface area contributed by atoms with Crippen LogP contribution in [0.4, 0.5) is 0 Å². The SMILES string of the molecule is C=CCCCCCCCSC. The highest BCUT2D eigenvalue weighted by molar-refractivity contribution is 7.98. The molecule has 0 saturated carbocycles. The third-order valence-corrected chi connectivity index (χ3v) is 2.45. The minimum absolute atomic E-state index is 1.20. The zero-order chi connectivity index (χ0) is 8.36. The van der Waals surface area contributed by atoms with Crippen molar-refractivity contribution in [1.82, 2.24) is 0 Å². The Balaban J connectivity index is 2.74. The molecule has 1 heteroatoms. The highest BCUT2D eigenvalue weighted by Gasteiger charge is 1.88. The smallest absolute Gasteiger partial charge is 0.00703 e. The van der Waals surface area contributed by atoms with Crippen LogP contribution in [0.2, 0.25) is 0 Å². The highest BCUT2D eigenvalue weighted by atomic mass is 32.2. The van der Waals surface area contributed by atoms with Crippen LogP contribution in [0.1, 0.15) is 38.5 Å². The van der Waals surface area contributed by atoms with Crippen LogP contribution in [0.25, 0.3) is 0 Å². The van der Waals surface area contributed by atoms with E-state index < -0.39 is 0 Å². The zero-order valence-electron chi connectivity index (χ0n) is 7.64. The van der Waals surface area contributed by atoms with Crippen molar-refractivity contribution in [3.8, 4) is 0 Å². The predicted molar refractivity (Wildman–Crippen MR) is 56.3 cm³/mol. The third-order valence-electron chi connectivity index (χ3n) is 1.76. The standard InChI is InChI=1S/C10H20S/c1-3-4-5-6-7-8-9-10-11-2/h3H,1,4-10H2,2H3. The van der Waals surface area contributed by atoms with Gasteiger partial charge in [0, 0.05) is 0 Å². The molecule has 0 aromatic carbocycles. The molecule has 0 aliphatic rings. The number of hydrogen-bond donors (Lipinski definition) is 0. The van der Waals surface area contributed by atoms with Gasteiger partial charge in [0.05, 0.1) is 0 Å². The predicted octanol–water partition coefficient (Wildman–Crippen LogP) is 3.88. The van der Waals surface area contributed by atoms with Gasteiger partial charge in [-0.15, -0.1) is 6.58 Å². The van der Waals surface area contributed by atoms with Gasteiger partial charge in [-0.05, 0) is 31.3 Å². The van der Waals surface area contributed by atoms with Crippen LogP contribution in [0.3, 0.4) is 0 Å². The molecule has 66 valence electrons. The largest absolute Gasteiger partial charge is 0.165 e. The lowest BCUT2D eigenvalue weighted by Gasteiger charge is -1.98. The molecule has 0 aromatic heterocycles. The number of rotatable bonds is 8. The van der Waals surface area contributed by atoms with Gasteiger partial charge in [0.2, 0.25) is 0 Å². The van der Waals surface area contributed by atoms with Crippen molar-refractivity contribution < 1.29 is 0 Å². The maximum absolute atomic E-state index is 3.70. The first-order valence-electron chi connectivity index (χ1n) is 4.51. The molecule has 0 spiro atoms. The van der Waals surface area contributed by atoms with E-state index in [0.717, 1.165) is 0 Å². The molecular weight excluding hydrogens is 152 g/mol. The number of thioether (sulfide) groups is 1. The van der Waals surface area contributed by atoms with Crippen molar-refractivity contribution in [3.05, 3.63) is 12.7 Å². The molecule has 0 rings (SSSR count). The van der Waals surface area contributed by atoms with Crippen molar-refractivity contribution in [2.75, 3.05) is 12.0 Å². The van der Waals surface area contributed by atoms with Gasteiger partial charge in [0.1, 0.15) is 0 Å². The molecule has 11 heavy (non-hydrogen) atoms. The van der Waals surface area contributed by atoms with Gasteiger partial charge in [0.25, 0.3) is 0 Å². The Morgan fingerprint density at radius 1 is 1.09 bits per heavy atom. The van der Waals surface area contributed by atoms with Crippen molar-refractivity contribution >= 4 is 11.8 Å². The van der Waals surface area contributed by atoms with Crippen LogP contribution in [0.5, 0.6) is 0 Å². The second-order valence-electron chi connectivity index (χ2n) is 2.84. The normalized spacial score (nSPS) is 9.91. The third kappa shape index (κ3) is 10.1. The summed E-state index contributed by atoms with van der Waals surface area (Å²) in [6.45, 7) is 3.70. The Hall–Kier alpha value is 0.0900. The fraction of sp³-hybridized carbons (Fsp3) is 0.800. The lowest BCUT2D eigenvalue weighted by Crippen LogP contribution is -1.80. The quantitative estimate of drug-likeness (QED) is 0.395. The topological polar surface area (TPSA) is 0 Å². The second-order valence-corrected chi connectivity index (χ2v) is 3.82. The summed E-state index contributed by atoms with van der Waals surface area (Å²) in [5.41, 5.74) is 0. The Labute approximate surface area is 75.5 Å². The Kier molecular flexibility index (Phi) is 10.2. The van der Waals surface area contributed by atoms with E-state index in [-0.39, 0.29) is 0 Å². The second kappa shape index (κ2) is 10.1. The van der Waals surface area contributed by atoms with Crippen LogP contribution in [-0.4, -0.2) is 12.0 Å². The molecule has 0 amide bonds. The summed E-state index contributed by atoms with van der Waals surface area (Å²) in [5, 5.41) is 0. The van der Waals surface area contributed by atoms with E-state index in [4.69, 9.17) is 0 Å². The fourth-order valence-electron chi connectivity index (χ4n) is 1.07. The van der Waals surface area contributed by atoms with Crippen LogP contribution in [-0.2, 0) is 0 Å². The zero-order valence-corrected chi connectivity index (χ0v) is 8.46. The molecule has 0 fully saturated rings. The molecule has 0 heterocycles. The molecule has 0 aliphatic heterocycles. The van der Waals surface area contributed by atoms with Gasteiger partial charge in [-0.1, -0.05) is 25.3 Å². The van der Waals surface area contributed by atoms with Crippen LogP contribution in [0.15, 0.2) is 12.7 Å². The van der Waals surface area contributed by atoms with Gasteiger partial charge in [-0.25, -0.2) is 0 Å². The van der Waals surface area contributed by atoms with Crippen LogP contribution < -0.4 is 0 Å². The fourth-order valence-corrected chi connectivity index (χ4v) is 1.56. The first kappa shape index (κ1) is 11.1. The van der Waals surface area contributed by atoms with Gasteiger partial charge in [-0.2, -0.15) is 11.8 Å². The van der Waals surface area contributed by atoms with E-state index >= 15 is 0 Å². The average molecular weight is 172 g/mol. The lowest BCUT2D eigenvalue weighted by atomic mass is 10.1. The van der Waals surface area contributed by atoms with Crippen molar-refractivity contribution in [1.29, 1.82) is 0 Å². The van der Waals surface area contributed by atoms with Gasteiger partial charge in [0.15, 0.2) is 0 Å². The molecule has 0 saturated heterocycles. The molecule has 0 nitrogen and oxygen atoms in total. The maximum atomic E-state index is 3.70. The van der Waals surface area contributed by atoms with E-state index in [1.807, 2.05) is 17.8 Å². The monoisotopic (exact) mass is 172 g/mol. The lowest BCUT2D eigenvalue weighted by molar-refractivity contribution is 0.640. The minimum atomic E-state index is 1.20. The summed E-state index contributed by atoms with van der Waals surface area (Å²) in [4.78, 5) is 0. The summed E-state index contributed by atoms with van der Waals surface area (Å²) in [6, 6.07) is 0. The molecule has 0 unspecified atom stereocenters. The van der Waals surface area contributed by atoms with Gasteiger partial charge >= 0.3 is 0 Å². The summed E-state index contributed by atoms with van der Waals surface area (Å²) >= 11 is 1.95. The first-order chi connectivity index (χ1) is 5.41. The van der Waals surface area contributed by atoms with Crippen LogP contribution >= 0.6 is 11.8 Å². The number of hydrogen-bond acceptors (Lipinski definition) is 1. The van der Waals surface area contributed by atoms with E-state index in [0.29, 0.717) is 0 Å². The summed E-state index contributed by atoms with van der Waals surface area (Å²) in [6.07, 6.45) is 12.3. The number of unbranched alkanes of at least 4 members (excludes halogenated alkanes) is 5. The van der Waals surface area contributed by atoms with Gasteiger partial charge in [-0.3, -0.25) is 0 Å². The molecule has 0 atom stereocenters. The maximum Gasteiger partial charge on any atom is -0.00703 e. The molecule has 0 aliphatic carbocycles. The van der Waals surface area contributed by atoms with E-state index in [1.165, 1.54) is 44.3 Å². The Morgan fingerprint density at radius 2 is 1.73 bits per heavy atom. The highest BCUT2D eigenvalue weighted by Crippen LogP contribution is 2.07. The van der Waals surface area contributed by atoms with E-state index in [9.17, 15) is 0 Å². The summed E-state index contributed by atoms with van der Waals surface area (Å²) in [5.74, 6) is 1.33. The summed E-state index contributed by atoms with van der Waals surface area (Å²) in [7, 11) is 0. The molecule has 0 aromatic rings. The van der Waals surface area contributed by atoms with Gasteiger partial charge < -0.3 is 0 Å². The first-order valence-corrected chi connectivity index (χ1v) is 5.91. The molecular formula is C10H20S.